The molecule has 1 fully saturated rings. The minimum atomic E-state index is -0.574. The molecule has 6 heteroatoms. The van der Waals surface area contributed by atoms with Gasteiger partial charge in [0.05, 0.1) is 6.07 Å². The van der Waals surface area contributed by atoms with Gasteiger partial charge in [-0.3, -0.25) is 0 Å². The quantitative estimate of drug-likeness (QED) is 0.109. The molecule has 7 rings (SSSR count). The summed E-state index contributed by atoms with van der Waals surface area (Å²) in [7, 11) is -0.892. The zero-order valence-corrected chi connectivity index (χ0v) is 32.5. The van der Waals surface area contributed by atoms with Crippen molar-refractivity contribution in [3.63, 3.8) is 0 Å². The van der Waals surface area contributed by atoms with Crippen LogP contribution in [0.3, 0.4) is 0 Å². The molecule has 0 bridgehead atoms. The normalized spacial score (nSPS) is 11.5. The monoisotopic (exact) mass is 803 g/mol. The minimum Gasteiger partial charge on any atom is -0.342 e. The van der Waals surface area contributed by atoms with E-state index in [1.807, 2.05) is 32.1 Å². The maximum Gasteiger partial charge on any atom is 2.00 e. The van der Waals surface area contributed by atoms with E-state index in [4.69, 9.17) is 5.26 Å². The summed E-state index contributed by atoms with van der Waals surface area (Å²) in [6.45, 7) is 2.00. The van der Waals surface area contributed by atoms with Crippen LogP contribution < -0.4 is 31.8 Å². The Hall–Kier alpha value is -3.79. The second-order valence-corrected chi connectivity index (χ2v) is 15.1. The predicted molar refractivity (Wildman–Crippen MR) is 217 cm³/mol. The van der Waals surface area contributed by atoms with Gasteiger partial charge in [-0.1, -0.05) is 182 Å². The van der Waals surface area contributed by atoms with Crippen molar-refractivity contribution in [2.24, 2.45) is 0 Å². The van der Waals surface area contributed by atoms with E-state index in [2.05, 4.69) is 187 Å². The standard InChI is InChI=1S/2C18H15P.C5H6NO2.C5H5.Ru/c2*1-4-10-16(11-5-1)19(17-12-6-2-7-13-17)18-14-8-3-9-15-18;1-2-8-5(7)3-4-6;1-2-4-5-3-1;/h2*1-15H;3H,2H2,1H3;1-5H;/q;;;;+2. The van der Waals surface area contributed by atoms with E-state index < -0.39 is 22.1 Å². The molecule has 52 heavy (non-hydrogen) atoms. The summed E-state index contributed by atoms with van der Waals surface area (Å²) in [6, 6.07) is 66.2. The summed E-state index contributed by atoms with van der Waals surface area (Å²) >= 11 is 0. The van der Waals surface area contributed by atoms with E-state index in [-0.39, 0.29) is 19.5 Å². The van der Waals surface area contributed by atoms with E-state index in [0.29, 0.717) is 6.61 Å². The first kappa shape index (κ1) is 42.6. The van der Waals surface area contributed by atoms with E-state index in [0.717, 1.165) is 6.42 Å². The fourth-order valence-electron chi connectivity index (χ4n) is 4.91. The van der Waals surface area contributed by atoms with Gasteiger partial charge in [-0.2, -0.15) is 10.4 Å². The van der Waals surface area contributed by atoms with E-state index in [9.17, 15) is 5.11 Å². The summed E-state index contributed by atoms with van der Waals surface area (Å²) < 4.78 is 4.37. The van der Waals surface area contributed by atoms with Crippen molar-refractivity contribution in [1.82, 2.24) is 0 Å². The van der Waals surface area contributed by atoms with Gasteiger partial charge in [-0.15, -0.1) is 0 Å². The van der Waals surface area contributed by atoms with Gasteiger partial charge in [-0.25, -0.2) is 0 Å². The largest absolute Gasteiger partial charge is 2.00 e. The summed E-state index contributed by atoms with van der Waals surface area (Å²) in [4.78, 5) is 0. The molecule has 258 valence electrons. The molecule has 0 amide bonds. The van der Waals surface area contributed by atoms with Crippen LogP contribution >= 0.6 is 15.8 Å². The first-order valence-electron chi connectivity index (χ1n) is 16.7. The van der Waals surface area contributed by atoms with Gasteiger partial charge in [0.15, 0.2) is 0 Å². The topological polar surface area (TPSA) is 52.9 Å². The average Bonchev–Trinajstić information content (AvgIpc) is 3.80. The number of rotatable bonds is 9. The Kier molecular flexibility index (Phi) is 21.4. The molecule has 6 aromatic rings. The van der Waals surface area contributed by atoms with Crippen molar-refractivity contribution >= 4 is 47.7 Å². The van der Waals surface area contributed by atoms with Gasteiger partial charge < -0.3 is 4.74 Å². The first-order chi connectivity index (χ1) is 25.2. The second-order valence-electron chi connectivity index (χ2n) is 10.7. The first-order valence-corrected chi connectivity index (χ1v) is 19.4. The van der Waals surface area contributed by atoms with Crippen molar-refractivity contribution in [3.8, 4) is 6.07 Å². The van der Waals surface area contributed by atoms with Crippen LogP contribution in [0.2, 0.25) is 0 Å². The van der Waals surface area contributed by atoms with Gasteiger partial charge >= 0.3 is 19.5 Å². The van der Waals surface area contributed by atoms with E-state index >= 15 is 0 Å². The molecule has 1 saturated carbocycles. The van der Waals surface area contributed by atoms with Gasteiger partial charge in [0, 0.05) is 6.61 Å². The summed E-state index contributed by atoms with van der Waals surface area (Å²) in [5.74, 6) is 0. The molecule has 6 aromatic carbocycles. The molecule has 0 aliphatic heterocycles. The van der Waals surface area contributed by atoms with E-state index in [1.165, 1.54) is 31.8 Å². The SMILES string of the molecule is CCO[C]([O])[CH]C#N.[CH]1[CH][CH][CH][CH]1.[Ru+2].c1ccc(P(c2ccccc2)c2ccccc2)cc1.c1ccc(P(c2ccccc2)c2ccccc2)cc1. The zero-order valence-electron chi connectivity index (χ0n) is 29.0. The Bertz CT molecular complexity index is 1460. The third kappa shape index (κ3) is 15.1. The summed E-state index contributed by atoms with van der Waals surface area (Å²) in [5.41, 5.74) is 0. The van der Waals surface area contributed by atoms with Crippen molar-refractivity contribution in [2.45, 2.75) is 6.92 Å². The molecular weight excluding hydrogens is 762 g/mol. The van der Waals surface area contributed by atoms with Crippen LogP contribution in [0.5, 0.6) is 0 Å². The van der Waals surface area contributed by atoms with Crippen LogP contribution in [-0.4, -0.2) is 6.61 Å². The Balaban J connectivity index is 0.000000208. The molecule has 1 aliphatic carbocycles. The fraction of sp³-hybridized carbons (Fsp3) is 0.0435. The second kappa shape index (κ2) is 26.1. The number of hydrogen-bond donors (Lipinski definition) is 0. The fourth-order valence-corrected chi connectivity index (χ4v) is 9.52. The molecule has 0 unspecified atom stereocenters. The van der Waals surface area contributed by atoms with Crippen LogP contribution in [0.4, 0.5) is 0 Å². The molecule has 0 aromatic heterocycles. The maximum absolute atomic E-state index is 10.1. The molecule has 0 heterocycles. The van der Waals surface area contributed by atoms with Crippen molar-refractivity contribution in [2.75, 3.05) is 6.61 Å². The number of ether oxygens (including phenoxy) is 1. The van der Waals surface area contributed by atoms with Gasteiger partial charge in [0.1, 0.15) is 6.42 Å². The Labute approximate surface area is 327 Å². The molecule has 0 spiro atoms. The maximum atomic E-state index is 10.1. The van der Waals surface area contributed by atoms with E-state index in [1.54, 1.807) is 13.0 Å². The number of nitriles is 1. The molecule has 3 nitrogen and oxygen atoms in total. The molecule has 1 aliphatic rings. The summed E-state index contributed by atoms with van der Waals surface area (Å²) in [5, 5.41) is 26.4. The number of benzene rings is 6. The molecule has 0 atom stereocenters. The third-order valence-electron chi connectivity index (χ3n) is 7.11. The molecular formula is C46H41NO2P2Ru+2. The van der Waals surface area contributed by atoms with Crippen LogP contribution in [-0.2, 0) is 29.3 Å². The molecule has 0 saturated heterocycles. The summed E-state index contributed by atoms with van der Waals surface area (Å²) in [6.07, 6.45) is 10.2. The average molecular weight is 803 g/mol. The predicted octanol–water partition coefficient (Wildman–Crippen LogP) is 8.58. The van der Waals surface area contributed by atoms with Gasteiger partial charge in [-0.05, 0) is 86.7 Å². The molecule has 8 radical (unpaired) electrons. The van der Waals surface area contributed by atoms with Gasteiger partial charge in [0.2, 0.25) is 0 Å². The minimum absolute atomic E-state index is 0. The van der Waals surface area contributed by atoms with Crippen molar-refractivity contribution in [1.29, 1.82) is 5.26 Å². The smallest absolute Gasteiger partial charge is 0.342 e. The Morgan fingerprint density at radius 1 is 0.481 bits per heavy atom. The Morgan fingerprint density at radius 2 is 0.692 bits per heavy atom. The number of nitrogens with zero attached hydrogens (tertiary/aromatic N) is 1. The van der Waals surface area contributed by atoms with Gasteiger partial charge in [0.25, 0.3) is 6.29 Å². The van der Waals surface area contributed by atoms with Crippen LogP contribution in [0.15, 0.2) is 182 Å². The van der Waals surface area contributed by atoms with Crippen LogP contribution in [0.25, 0.3) is 0 Å². The Morgan fingerprint density at radius 3 is 0.865 bits per heavy atom. The van der Waals surface area contributed by atoms with Crippen LogP contribution in [0, 0.1) is 56.1 Å². The van der Waals surface area contributed by atoms with Crippen molar-refractivity contribution < 1.29 is 29.3 Å². The van der Waals surface area contributed by atoms with Crippen molar-refractivity contribution in [3.05, 3.63) is 227 Å². The third-order valence-corrected chi connectivity index (χ3v) is 12.0. The molecule has 0 N–H and O–H groups in total. The van der Waals surface area contributed by atoms with Crippen LogP contribution in [0.1, 0.15) is 6.92 Å². The number of hydrogen-bond acceptors (Lipinski definition) is 2. The zero-order chi connectivity index (χ0) is 35.8.